The first-order valence-corrected chi connectivity index (χ1v) is 13.0. The van der Waals surface area contributed by atoms with E-state index in [0.29, 0.717) is 30.1 Å². The van der Waals surface area contributed by atoms with Gasteiger partial charge in [0.25, 0.3) is 15.9 Å². The van der Waals surface area contributed by atoms with Crippen LogP contribution in [-0.4, -0.2) is 36.0 Å². The van der Waals surface area contributed by atoms with Gasteiger partial charge in [0, 0.05) is 24.0 Å². The zero-order chi connectivity index (χ0) is 22.8. The number of sulfonamides is 1. The highest BCUT2D eigenvalue weighted by Crippen LogP contribution is 2.33. The maximum atomic E-state index is 13.5. The van der Waals surface area contributed by atoms with Crippen LogP contribution in [0, 0.1) is 11.7 Å². The lowest BCUT2D eigenvalue weighted by molar-refractivity contribution is 0.273. The minimum Gasteiger partial charge on any atom is -0.334 e. The highest BCUT2D eigenvalue weighted by molar-refractivity contribution is 7.91. The highest BCUT2D eigenvalue weighted by atomic mass is 32.2. The van der Waals surface area contributed by atoms with Gasteiger partial charge in [-0.15, -0.1) is 11.3 Å². The Morgan fingerprint density at radius 3 is 2.58 bits per heavy atom. The number of hydrogen-bond donors (Lipinski definition) is 0. The first-order valence-electron chi connectivity index (χ1n) is 10.7. The van der Waals surface area contributed by atoms with Crippen molar-refractivity contribution in [3.8, 4) is 22.8 Å². The molecular formula is C24H22FN3O3S2. The van der Waals surface area contributed by atoms with Gasteiger partial charge in [-0.05, 0) is 48.9 Å². The van der Waals surface area contributed by atoms with Gasteiger partial charge in [0.05, 0.1) is 5.56 Å². The lowest BCUT2D eigenvalue weighted by atomic mass is 9.91. The SMILES string of the molecule is O=S(=O)(c1cc(-c2nc(-c3cccc(F)c3)no2)cs1)N1CCC(Cc2ccccc2)CC1. The largest absolute Gasteiger partial charge is 0.334 e. The number of aromatic nitrogens is 2. The maximum Gasteiger partial charge on any atom is 0.259 e. The second-order valence-electron chi connectivity index (χ2n) is 8.13. The Hall–Kier alpha value is -2.88. The van der Waals surface area contributed by atoms with E-state index in [0.717, 1.165) is 30.6 Å². The van der Waals surface area contributed by atoms with E-state index >= 15 is 0 Å². The second kappa shape index (κ2) is 9.17. The summed E-state index contributed by atoms with van der Waals surface area (Å²) >= 11 is 1.14. The predicted molar refractivity (Wildman–Crippen MR) is 125 cm³/mol. The molecule has 4 aromatic rings. The van der Waals surface area contributed by atoms with Gasteiger partial charge in [0.2, 0.25) is 5.82 Å². The van der Waals surface area contributed by atoms with E-state index in [1.807, 2.05) is 18.2 Å². The van der Waals surface area contributed by atoms with Crippen molar-refractivity contribution in [1.82, 2.24) is 14.4 Å². The van der Waals surface area contributed by atoms with Gasteiger partial charge in [-0.2, -0.15) is 9.29 Å². The Balaban J connectivity index is 1.27. The summed E-state index contributed by atoms with van der Waals surface area (Å²) < 4.78 is 47.0. The topological polar surface area (TPSA) is 76.3 Å². The van der Waals surface area contributed by atoms with Crippen LogP contribution in [-0.2, 0) is 16.4 Å². The molecule has 0 N–H and O–H groups in total. The third kappa shape index (κ3) is 4.75. The smallest absolute Gasteiger partial charge is 0.259 e. The van der Waals surface area contributed by atoms with Crippen LogP contribution < -0.4 is 0 Å². The molecule has 3 heterocycles. The fraction of sp³-hybridized carbons (Fsp3) is 0.250. The molecule has 1 fully saturated rings. The van der Waals surface area contributed by atoms with Gasteiger partial charge in [0.1, 0.15) is 10.0 Å². The van der Waals surface area contributed by atoms with Gasteiger partial charge < -0.3 is 4.52 Å². The second-order valence-corrected chi connectivity index (χ2v) is 11.2. The predicted octanol–water partition coefficient (Wildman–Crippen LogP) is 5.25. The van der Waals surface area contributed by atoms with Gasteiger partial charge >= 0.3 is 0 Å². The Morgan fingerprint density at radius 2 is 1.82 bits per heavy atom. The fourth-order valence-corrected chi connectivity index (χ4v) is 6.85. The summed E-state index contributed by atoms with van der Waals surface area (Å²) in [5, 5.41) is 5.59. The molecule has 0 radical (unpaired) electrons. The average molecular weight is 484 g/mol. The number of nitrogens with zero attached hydrogens (tertiary/aromatic N) is 3. The Labute approximate surface area is 195 Å². The van der Waals surface area contributed by atoms with Crippen LogP contribution in [0.15, 0.2) is 74.8 Å². The molecule has 9 heteroatoms. The van der Waals surface area contributed by atoms with Gasteiger partial charge in [0.15, 0.2) is 0 Å². The average Bonchev–Trinajstić information content (AvgIpc) is 3.51. The molecule has 6 nitrogen and oxygen atoms in total. The van der Waals surface area contributed by atoms with E-state index < -0.39 is 15.8 Å². The normalized spacial score (nSPS) is 15.7. The molecule has 1 saturated heterocycles. The van der Waals surface area contributed by atoms with E-state index in [9.17, 15) is 12.8 Å². The summed E-state index contributed by atoms with van der Waals surface area (Å²) in [4.78, 5) is 4.30. The van der Waals surface area contributed by atoms with Gasteiger partial charge in [-0.1, -0.05) is 47.6 Å². The van der Waals surface area contributed by atoms with Crippen molar-refractivity contribution in [2.45, 2.75) is 23.5 Å². The van der Waals surface area contributed by atoms with E-state index in [1.165, 1.54) is 17.7 Å². The zero-order valence-electron chi connectivity index (χ0n) is 17.7. The summed E-state index contributed by atoms with van der Waals surface area (Å²) in [6, 6.07) is 17.8. The molecular weight excluding hydrogens is 461 g/mol. The van der Waals surface area contributed by atoms with Crippen LogP contribution in [0.5, 0.6) is 0 Å². The number of benzene rings is 2. The Kier molecular flexibility index (Phi) is 6.09. The van der Waals surface area contributed by atoms with Crippen LogP contribution in [0.2, 0.25) is 0 Å². The Morgan fingerprint density at radius 1 is 1.03 bits per heavy atom. The molecule has 33 heavy (non-hydrogen) atoms. The minimum atomic E-state index is -3.58. The first-order chi connectivity index (χ1) is 16.0. The van der Waals surface area contributed by atoms with E-state index in [1.54, 1.807) is 27.9 Å². The van der Waals surface area contributed by atoms with Gasteiger partial charge in [-0.25, -0.2) is 12.8 Å². The minimum absolute atomic E-state index is 0.202. The van der Waals surface area contributed by atoms with Crippen LogP contribution >= 0.6 is 11.3 Å². The third-order valence-electron chi connectivity index (χ3n) is 5.87. The molecule has 0 aliphatic carbocycles. The molecule has 2 aromatic heterocycles. The maximum absolute atomic E-state index is 13.5. The molecule has 5 rings (SSSR count). The molecule has 1 aliphatic rings. The number of thiophene rings is 1. The molecule has 0 spiro atoms. The van der Waals surface area contributed by atoms with E-state index in [2.05, 4.69) is 22.3 Å². The molecule has 2 aromatic carbocycles. The van der Waals surface area contributed by atoms with Crippen molar-refractivity contribution >= 4 is 21.4 Å². The van der Waals surface area contributed by atoms with Crippen molar-refractivity contribution in [2.24, 2.45) is 5.92 Å². The third-order valence-corrected chi connectivity index (χ3v) is 9.18. The lowest BCUT2D eigenvalue weighted by Crippen LogP contribution is -2.38. The summed E-state index contributed by atoms with van der Waals surface area (Å²) in [5.41, 5.74) is 2.32. The van der Waals surface area contributed by atoms with Crippen LogP contribution in [0.4, 0.5) is 4.39 Å². The van der Waals surface area contributed by atoms with E-state index in [4.69, 9.17) is 4.52 Å². The molecule has 0 saturated carbocycles. The van der Waals surface area contributed by atoms with Crippen molar-refractivity contribution in [3.05, 3.63) is 77.4 Å². The number of hydrogen-bond acceptors (Lipinski definition) is 6. The van der Waals surface area contributed by atoms with Crippen LogP contribution in [0.3, 0.4) is 0 Å². The fourth-order valence-electron chi connectivity index (χ4n) is 4.08. The molecule has 0 amide bonds. The monoisotopic (exact) mass is 483 g/mol. The van der Waals surface area contributed by atoms with Gasteiger partial charge in [-0.3, -0.25) is 0 Å². The van der Waals surface area contributed by atoms with Crippen molar-refractivity contribution in [3.63, 3.8) is 0 Å². The number of halogens is 1. The van der Waals surface area contributed by atoms with E-state index in [-0.39, 0.29) is 15.9 Å². The molecule has 0 bridgehead atoms. The van der Waals surface area contributed by atoms with Crippen molar-refractivity contribution < 1.29 is 17.3 Å². The summed E-state index contributed by atoms with van der Waals surface area (Å²) in [5.74, 6) is 0.543. The summed E-state index contributed by atoms with van der Waals surface area (Å²) in [6.45, 7) is 1.02. The molecule has 170 valence electrons. The lowest BCUT2D eigenvalue weighted by Gasteiger charge is -2.30. The zero-order valence-corrected chi connectivity index (χ0v) is 19.4. The van der Waals surface area contributed by atoms with Crippen LogP contribution in [0.1, 0.15) is 18.4 Å². The van der Waals surface area contributed by atoms with Crippen molar-refractivity contribution in [2.75, 3.05) is 13.1 Å². The molecule has 1 aliphatic heterocycles. The number of rotatable bonds is 6. The summed E-state index contributed by atoms with van der Waals surface area (Å²) in [7, 11) is -3.58. The highest BCUT2D eigenvalue weighted by Gasteiger charge is 2.31. The standard InChI is InChI=1S/C24H22FN3O3S2/c25-21-8-4-7-19(14-21)23-26-24(31-27-23)20-15-22(32-16-20)33(29,30)28-11-9-18(10-12-28)13-17-5-2-1-3-6-17/h1-8,14-16,18H,9-13H2. The molecule has 0 unspecified atom stereocenters. The Bertz CT molecular complexity index is 1340. The first kappa shape index (κ1) is 21.9. The van der Waals surface area contributed by atoms with Crippen LogP contribution in [0.25, 0.3) is 22.8 Å². The number of piperidine rings is 1. The van der Waals surface area contributed by atoms with Crippen molar-refractivity contribution in [1.29, 1.82) is 0 Å². The quantitative estimate of drug-likeness (QED) is 0.375. The summed E-state index contributed by atoms with van der Waals surface area (Å²) in [6.07, 6.45) is 2.66. The molecule has 0 atom stereocenters.